The van der Waals surface area contributed by atoms with Crippen molar-refractivity contribution in [3.8, 4) is 17.2 Å². The lowest BCUT2D eigenvalue weighted by Gasteiger charge is -2.13. The van der Waals surface area contributed by atoms with Crippen LogP contribution in [0.3, 0.4) is 0 Å². The molecule has 0 saturated heterocycles. The van der Waals surface area contributed by atoms with Crippen LogP contribution in [0.1, 0.15) is 5.56 Å². The highest BCUT2D eigenvalue weighted by molar-refractivity contribution is 7.49. The second-order valence-electron chi connectivity index (χ2n) is 4.12. The highest BCUT2D eigenvalue weighted by Crippen LogP contribution is 2.60. The van der Waals surface area contributed by atoms with Crippen LogP contribution >= 0.6 is 19.4 Å². The minimum atomic E-state index is -4.33. The Hall–Kier alpha value is -1.76. The van der Waals surface area contributed by atoms with Gasteiger partial charge in [0.05, 0.1) is 5.39 Å². The summed E-state index contributed by atoms with van der Waals surface area (Å²) < 4.78 is 45.8. The Morgan fingerprint density at radius 2 is 1.90 bits per heavy atom. The fourth-order valence-electron chi connectivity index (χ4n) is 2.09. The van der Waals surface area contributed by atoms with Gasteiger partial charge in [0, 0.05) is 5.56 Å². The van der Waals surface area contributed by atoms with Crippen LogP contribution in [0.4, 0.5) is 4.39 Å². The number of aryl methyl sites for hydroxylation is 1. The first-order valence-corrected chi connectivity index (χ1v) is 7.09. The molecule has 0 N–H and O–H groups in total. The second-order valence-corrected chi connectivity index (χ2v) is 5.91. The van der Waals surface area contributed by atoms with E-state index in [4.69, 9.17) is 25.1 Å². The van der Waals surface area contributed by atoms with Crippen LogP contribution in [-0.2, 0) is 9.24 Å². The average molecular weight is 321 g/mol. The topological polar surface area (TPSA) is 84.2 Å². The van der Waals surface area contributed by atoms with E-state index in [1.165, 1.54) is 6.92 Å². The first-order valence-electron chi connectivity index (χ1n) is 5.25. The largest absolute Gasteiger partial charge is 0.625 e. The quantitative estimate of drug-likeness (QED) is 0.419. The lowest BCUT2D eigenvalue weighted by Crippen LogP contribution is -2.11. The van der Waals surface area contributed by atoms with Crippen molar-refractivity contribution in [1.82, 2.24) is 0 Å². The van der Waals surface area contributed by atoms with E-state index in [2.05, 4.69) is 9.56 Å². The van der Waals surface area contributed by atoms with Crippen LogP contribution < -0.4 is 19.6 Å². The van der Waals surface area contributed by atoms with Crippen molar-refractivity contribution in [3.63, 3.8) is 0 Å². The molecule has 5 bridgehead atoms. The molecular formula is C10H3ClFO7P. The lowest BCUT2D eigenvalue weighted by atomic mass is 10.1. The maximum absolute atomic E-state index is 14.2. The first-order chi connectivity index (χ1) is 9.41. The number of fused-ring (bicyclic) bond motifs is 3. The lowest BCUT2D eigenvalue weighted by molar-refractivity contribution is -0.118. The third-order valence-electron chi connectivity index (χ3n) is 2.97. The second kappa shape index (κ2) is 3.46. The van der Waals surface area contributed by atoms with Gasteiger partial charge in [-0.1, -0.05) is 16.3 Å². The zero-order valence-corrected chi connectivity index (χ0v) is 11.2. The van der Waals surface area contributed by atoms with Crippen molar-refractivity contribution < 1.29 is 32.0 Å². The number of phosphoric acid groups is 1. The van der Waals surface area contributed by atoms with Crippen molar-refractivity contribution in [2.45, 2.75) is 6.92 Å². The molecule has 2 aliphatic rings. The summed E-state index contributed by atoms with van der Waals surface area (Å²) in [6.45, 7) is 1.45. The van der Waals surface area contributed by atoms with E-state index in [0.717, 1.165) is 0 Å². The molecule has 20 heavy (non-hydrogen) atoms. The van der Waals surface area contributed by atoms with Crippen LogP contribution in [-0.4, -0.2) is 0 Å². The summed E-state index contributed by atoms with van der Waals surface area (Å²) in [6.07, 6.45) is 0. The van der Waals surface area contributed by atoms with Gasteiger partial charge < -0.3 is 18.4 Å². The SMILES string of the molecule is Cc1c2c(=O)oc3c(F)c4c(Cl)c(c13)OP(=O)(OO4)O2. The molecule has 1 unspecified atom stereocenters. The number of rotatable bonds is 0. The Kier molecular flexibility index (Phi) is 2.08. The molecule has 4 rings (SSSR count). The molecule has 1 atom stereocenters. The van der Waals surface area contributed by atoms with Gasteiger partial charge in [0.2, 0.25) is 17.3 Å². The molecule has 2 aromatic rings. The Labute approximate surface area is 114 Å². The van der Waals surface area contributed by atoms with E-state index in [0.29, 0.717) is 0 Å². The molecule has 1 aromatic heterocycles. The maximum atomic E-state index is 14.2. The molecule has 1 aromatic carbocycles. The van der Waals surface area contributed by atoms with Crippen molar-refractivity contribution in [2.75, 3.05) is 0 Å². The van der Waals surface area contributed by atoms with Crippen molar-refractivity contribution in [3.05, 3.63) is 26.8 Å². The average Bonchev–Trinajstić information content (AvgIpc) is 2.53. The highest BCUT2D eigenvalue weighted by atomic mass is 35.5. The zero-order chi connectivity index (χ0) is 14.2. The van der Waals surface area contributed by atoms with Crippen LogP contribution in [0.5, 0.6) is 17.2 Å². The van der Waals surface area contributed by atoms with Crippen LogP contribution in [0.25, 0.3) is 11.0 Å². The molecular weight excluding hydrogens is 318 g/mol. The Bertz CT molecular complexity index is 905. The van der Waals surface area contributed by atoms with E-state index in [9.17, 15) is 13.8 Å². The molecule has 0 aliphatic carbocycles. The molecule has 0 fully saturated rings. The minimum absolute atomic E-state index is 0.0395. The van der Waals surface area contributed by atoms with Gasteiger partial charge in [-0.25, -0.2) is 9.36 Å². The summed E-state index contributed by atoms with van der Waals surface area (Å²) in [4.78, 5) is 16.3. The van der Waals surface area contributed by atoms with E-state index in [1.54, 1.807) is 0 Å². The number of benzene rings is 1. The molecule has 3 heterocycles. The molecule has 0 saturated carbocycles. The molecule has 0 radical (unpaired) electrons. The van der Waals surface area contributed by atoms with E-state index in [1.807, 2.05) is 0 Å². The molecule has 10 heteroatoms. The Morgan fingerprint density at radius 1 is 1.20 bits per heavy atom. The van der Waals surface area contributed by atoms with Gasteiger partial charge in [-0.2, -0.15) is 4.39 Å². The predicted molar refractivity (Wildman–Crippen MR) is 62.8 cm³/mol. The zero-order valence-electron chi connectivity index (χ0n) is 9.56. The van der Waals surface area contributed by atoms with Gasteiger partial charge in [0.1, 0.15) is 5.02 Å². The Balaban J connectivity index is 2.37. The van der Waals surface area contributed by atoms with Crippen LogP contribution in [0, 0.1) is 12.7 Å². The summed E-state index contributed by atoms with van der Waals surface area (Å²) >= 11 is 5.93. The van der Waals surface area contributed by atoms with Crippen LogP contribution in [0.2, 0.25) is 5.02 Å². The number of hydrogen-bond donors (Lipinski definition) is 0. The smallest absolute Gasteiger partial charge is 0.417 e. The molecule has 7 nitrogen and oxygen atoms in total. The van der Waals surface area contributed by atoms with Gasteiger partial charge in [0.25, 0.3) is 0 Å². The molecule has 2 aliphatic heterocycles. The third-order valence-corrected chi connectivity index (χ3v) is 4.38. The monoisotopic (exact) mass is 320 g/mol. The number of phosphoric ester groups is 1. The number of halogens is 2. The van der Waals surface area contributed by atoms with E-state index < -0.39 is 36.3 Å². The summed E-state index contributed by atoms with van der Waals surface area (Å²) in [7, 11) is -4.33. The fraction of sp³-hybridized carbons (Fsp3) is 0.100. The molecule has 104 valence electrons. The van der Waals surface area contributed by atoms with E-state index >= 15 is 0 Å². The van der Waals surface area contributed by atoms with Gasteiger partial charge in [-0.05, 0) is 6.92 Å². The molecule has 0 amide bonds. The summed E-state index contributed by atoms with van der Waals surface area (Å²) in [5, 5.41) is -0.251. The van der Waals surface area contributed by atoms with Crippen molar-refractivity contribution >= 4 is 30.4 Å². The van der Waals surface area contributed by atoms with Gasteiger partial charge in [0.15, 0.2) is 11.3 Å². The van der Waals surface area contributed by atoms with Gasteiger partial charge in [-0.3, -0.25) is 0 Å². The predicted octanol–water partition coefficient (Wildman–Crippen LogP) is 3.10. The van der Waals surface area contributed by atoms with Gasteiger partial charge >= 0.3 is 13.4 Å². The Morgan fingerprint density at radius 3 is 2.65 bits per heavy atom. The van der Waals surface area contributed by atoms with Crippen LogP contribution in [0.15, 0.2) is 9.21 Å². The minimum Gasteiger partial charge on any atom is -0.417 e. The van der Waals surface area contributed by atoms with Crippen molar-refractivity contribution in [2.24, 2.45) is 0 Å². The van der Waals surface area contributed by atoms with Gasteiger partial charge in [-0.15, -0.1) is 0 Å². The number of hydrogen-bond acceptors (Lipinski definition) is 7. The highest BCUT2D eigenvalue weighted by Gasteiger charge is 2.45. The summed E-state index contributed by atoms with van der Waals surface area (Å²) in [6, 6.07) is 0. The first kappa shape index (κ1) is 12.0. The summed E-state index contributed by atoms with van der Waals surface area (Å²) in [5.41, 5.74) is -1.26. The molecule has 0 spiro atoms. The fourth-order valence-corrected chi connectivity index (χ4v) is 3.49. The third kappa shape index (κ3) is 1.28. The summed E-state index contributed by atoms with van der Waals surface area (Å²) in [5.74, 6) is -2.24. The standard InChI is InChI=1S/C10H3ClFO7P/c1-2-3-7-4(11)9-5(12)8(3)15-10(13)6(2)17-20(14,18-7)19-16-9/h1H3. The van der Waals surface area contributed by atoms with E-state index in [-0.39, 0.29) is 21.7 Å². The normalized spacial score (nSPS) is 22.4. The van der Waals surface area contributed by atoms with Crippen molar-refractivity contribution in [1.29, 1.82) is 0 Å². The maximum Gasteiger partial charge on any atom is 0.625 e.